The van der Waals surface area contributed by atoms with Crippen LogP contribution in [0.15, 0.2) is 12.4 Å². The maximum atomic E-state index is 11.9. The number of hydrogen-bond donors (Lipinski definition) is 1. The Morgan fingerprint density at radius 3 is 2.35 bits per heavy atom. The normalized spacial score (nSPS) is 19.1. The molecular weight excluding hydrogens is 280 g/mol. The molecular formula is C12H16N4O3S. The van der Waals surface area contributed by atoms with Crippen LogP contribution in [0.5, 0.6) is 0 Å². The summed E-state index contributed by atoms with van der Waals surface area (Å²) in [7, 11) is -2.31. The fourth-order valence-electron chi connectivity index (χ4n) is 1.89. The minimum Gasteiger partial charge on any atom is -0.268 e. The molecule has 0 aromatic carbocycles. The van der Waals surface area contributed by atoms with E-state index in [1.54, 1.807) is 0 Å². The van der Waals surface area contributed by atoms with Crippen LogP contribution in [0, 0.1) is 0 Å². The lowest BCUT2D eigenvalue weighted by Gasteiger charge is -2.16. The molecule has 20 heavy (non-hydrogen) atoms. The van der Waals surface area contributed by atoms with Crippen molar-refractivity contribution in [1.29, 1.82) is 0 Å². The summed E-state index contributed by atoms with van der Waals surface area (Å²) < 4.78 is 27.1. The fourth-order valence-corrected chi connectivity index (χ4v) is 2.99. The molecule has 2 aliphatic rings. The van der Waals surface area contributed by atoms with Crippen molar-refractivity contribution < 1.29 is 13.2 Å². The van der Waals surface area contributed by atoms with Gasteiger partial charge in [-0.1, -0.05) is 0 Å². The Morgan fingerprint density at radius 1 is 1.25 bits per heavy atom. The van der Waals surface area contributed by atoms with Gasteiger partial charge in [0.15, 0.2) is 0 Å². The van der Waals surface area contributed by atoms with Gasteiger partial charge < -0.3 is 0 Å². The van der Waals surface area contributed by atoms with Gasteiger partial charge in [0.1, 0.15) is 5.82 Å². The van der Waals surface area contributed by atoms with Crippen LogP contribution in [0.3, 0.4) is 0 Å². The standard InChI is InChI=1S/C12H16N4O3S/c1-16(10-4-5-10)20(18,19)15-12(17)9-6-13-11(14-7-9)8-2-3-8/h6-8,10H,2-5H2,1H3,(H,15,17). The zero-order valence-corrected chi connectivity index (χ0v) is 11.9. The molecule has 0 bridgehead atoms. The number of carbonyl (C=O) groups is 1. The van der Waals surface area contributed by atoms with Crippen molar-refractivity contribution in [2.75, 3.05) is 7.05 Å². The van der Waals surface area contributed by atoms with Crippen LogP contribution >= 0.6 is 0 Å². The second-order valence-electron chi connectivity index (χ2n) is 5.29. The van der Waals surface area contributed by atoms with Gasteiger partial charge in [-0.3, -0.25) is 4.79 Å². The number of hydrogen-bond acceptors (Lipinski definition) is 5. The van der Waals surface area contributed by atoms with Crippen molar-refractivity contribution in [3.8, 4) is 0 Å². The van der Waals surface area contributed by atoms with Crippen LogP contribution in [0.4, 0.5) is 0 Å². The second kappa shape index (κ2) is 4.78. The molecule has 108 valence electrons. The van der Waals surface area contributed by atoms with Crippen molar-refractivity contribution in [2.45, 2.75) is 37.6 Å². The highest BCUT2D eigenvalue weighted by Gasteiger charge is 2.35. The average Bonchev–Trinajstić information content (AvgIpc) is 3.30. The third-order valence-electron chi connectivity index (χ3n) is 3.54. The molecule has 0 atom stereocenters. The van der Waals surface area contributed by atoms with E-state index in [0.29, 0.717) is 5.92 Å². The van der Waals surface area contributed by atoms with Gasteiger partial charge in [0.25, 0.3) is 5.91 Å². The smallest absolute Gasteiger partial charge is 0.268 e. The van der Waals surface area contributed by atoms with Gasteiger partial charge in [-0.2, -0.15) is 12.7 Å². The van der Waals surface area contributed by atoms with Crippen LogP contribution in [0.1, 0.15) is 47.8 Å². The van der Waals surface area contributed by atoms with Crippen molar-refractivity contribution in [3.63, 3.8) is 0 Å². The molecule has 2 fully saturated rings. The molecule has 1 amide bonds. The average molecular weight is 296 g/mol. The molecule has 1 heterocycles. The van der Waals surface area contributed by atoms with E-state index in [4.69, 9.17) is 0 Å². The monoisotopic (exact) mass is 296 g/mol. The molecule has 0 unspecified atom stereocenters. The Morgan fingerprint density at radius 2 is 1.85 bits per heavy atom. The zero-order valence-electron chi connectivity index (χ0n) is 11.1. The molecule has 0 radical (unpaired) electrons. The quantitative estimate of drug-likeness (QED) is 0.850. The van der Waals surface area contributed by atoms with E-state index in [9.17, 15) is 13.2 Å². The lowest BCUT2D eigenvalue weighted by atomic mass is 10.3. The molecule has 2 saturated carbocycles. The predicted molar refractivity (Wildman–Crippen MR) is 71.2 cm³/mol. The van der Waals surface area contributed by atoms with Crippen molar-refractivity contribution >= 4 is 16.1 Å². The van der Waals surface area contributed by atoms with Gasteiger partial charge in [0.2, 0.25) is 0 Å². The Labute approximate surface area is 117 Å². The largest absolute Gasteiger partial charge is 0.304 e. The maximum Gasteiger partial charge on any atom is 0.304 e. The Kier molecular flexibility index (Phi) is 3.21. The van der Waals surface area contributed by atoms with E-state index in [1.807, 2.05) is 4.72 Å². The van der Waals surface area contributed by atoms with Crippen LogP contribution < -0.4 is 4.72 Å². The van der Waals surface area contributed by atoms with Crippen molar-refractivity contribution in [1.82, 2.24) is 19.0 Å². The first-order valence-electron chi connectivity index (χ1n) is 6.59. The third kappa shape index (κ3) is 2.80. The number of amides is 1. The van der Waals surface area contributed by atoms with E-state index in [-0.39, 0.29) is 11.6 Å². The van der Waals surface area contributed by atoms with Crippen LogP contribution in [0.25, 0.3) is 0 Å². The molecule has 0 aliphatic heterocycles. The highest BCUT2D eigenvalue weighted by atomic mass is 32.2. The summed E-state index contributed by atoms with van der Waals surface area (Å²) in [4.78, 5) is 20.1. The van der Waals surface area contributed by atoms with Gasteiger partial charge in [0.05, 0.1) is 5.56 Å². The number of aromatic nitrogens is 2. The highest BCUT2D eigenvalue weighted by molar-refractivity contribution is 7.87. The van der Waals surface area contributed by atoms with E-state index in [2.05, 4.69) is 9.97 Å². The van der Waals surface area contributed by atoms with Crippen LogP contribution in [0.2, 0.25) is 0 Å². The van der Waals surface area contributed by atoms with Gasteiger partial charge in [-0.05, 0) is 25.7 Å². The van der Waals surface area contributed by atoms with Gasteiger partial charge in [-0.15, -0.1) is 0 Å². The first-order valence-corrected chi connectivity index (χ1v) is 8.03. The minimum absolute atomic E-state index is 0.00814. The number of carbonyl (C=O) groups excluding carboxylic acids is 1. The number of rotatable bonds is 5. The second-order valence-corrected chi connectivity index (χ2v) is 7.02. The summed E-state index contributed by atoms with van der Waals surface area (Å²) in [6, 6.07) is 0.00814. The summed E-state index contributed by atoms with van der Waals surface area (Å²) in [5.74, 6) is 0.427. The topological polar surface area (TPSA) is 92.3 Å². The molecule has 1 aromatic heterocycles. The molecule has 1 N–H and O–H groups in total. The lowest BCUT2D eigenvalue weighted by molar-refractivity contribution is 0.0978. The fraction of sp³-hybridized carbons (Fsp3) is 0.583. The zero-order chi connectivity index (χ0) is 14.3. The molecule has 0 saturated heterocycles. The first-order chi connectivity index (χ1) is 9.47. The maximum absolute atomic E-state index is 11.9. The summed E-state index contributed by atoms with van der Waals surface area (Å²) in [5.41, 5.74) is 0.155. The lowest BCUT2D eigenvalue weighted by Crippen LogP contribution is -2.42. The van der Waals surface area contributed by atoms with Crippen LogP contribution in [-0.4, -0.2) is 41.7 Å². The molecule has 7 nitrogen and oxygen atoms in total. The SMILES string of the molecule is CN(C1CC1)S(=O)(=O)NC(=O)c1cnc(C2CC2)nc1. The number of nitrogens with zero attached hydrogens (tertiary/aromatic N) is 3. The molecule has 1 aromatic rings. The molecule has 2 aliphatic carbocycles. The van der Waals surface area contributed by atoms with E-state index >= 15 is 0 Å². The highest BCUT2D eigenvalue weighted by Crippen LogP contribution is 2.37. The summed E-state index contributed by atoms with van der Waals surface area (Å²) in [6.45, 7) is 0. The van der Waals surface area contributed by atoms with Gasteiger partial charge in [-0.25, -0.2) is 14.7 Å². The first kappa shape index (κ1) is 13.4. The Balaban J connectivity index is 1.68. The minimum atomic E-state index is -3.78. The van der Waals surface area contributed by atoms with Crippen molar-refractivity contribution in [2.24, 2.45) is 0 Å². The van der Waals surface area contributed by atoms with E-state index in [1.165, 1.54) is 23.7 Å². The molecule has 3 rings (SSSR count). The van der Waals surface area contributed by atoms with E-state index in [0.717, 1.165) is 31.5 Å². The Hall–Kier alpha value is -1.54. The van der Waals surface area contributed by atoms with Crippen LogP contribution in [-0.2, 0) is 10.2 Å². The summed E-state index contributed by atoms with van der Waals surface area (Å²) in [5, 5.41) is 0. The van der Waals surface area contributed by atoms with Gasteiger partial charge in [0, 0.05) is 31.4 Å². The Bertz CT molecular complexity index is 621. The summed E-state index contributed by atoms with van der Waals surface area (Å²) >= 11 is 0. The van der Waals surface area contributed by atoms with Gasteiger partial charge >= 0.3 is 10.2 Å². The van der Waals surface area contributed by atoms with E-state index < -0.39 is 16.1 Å². The predicted octanol–water partition coefficient (Wildman–Crippen LogP) is 0.423. The summed E-state index contributed by atoms with van der Waals surface area (Å²) in [6.07, 6.45) is 6.58. The molecule has 8 heteroatoms. The van der Waals surface area contributed by atoms with Crippen molar-refractivity contribution in [3.05, 3.63) is 23.8 Å². The number of nitrogens with one attached hydrogen (secondary N) is 1. The third-order valence-corrected chi connectivity index (χ3v) is 5.04. The molecule has 0 spiro atoms.